The van der Waals surface area contributed by atoms with Crippen LogP contribution < -0.4 is 15.4 Å². The first-order valence-electron chi connectivity index (χ1n) is 6.58. The van der Waals surface area contributed by atoms with Crippen LogP contribution in [0.5, 0.6) is 5.75 Å². The summed E-state index contributed by atoms with van der Waals surface area (Å²) in [6, 6.07) is 5.51. The van der Waals surface area contributed by atoms with Crippen LogP contribution in [0.2, 0.25) is 0 Å². The first-order valence-corrected chi connectivity index (χ1v) is 6.58. The zero-order chi connectivity index (χ0) is 13.8. The van der Waals surface area contributed by atoms with E-state index >= 15 is 0 Å². The lowest BCUT2D eigenvalue weighted by molar-refractivity contribution is 0.209. The van der Waals surface area contributed by atoms with Gasteiger partial charge in [0.1, 0.15) is 0 Å². The van der Waals surface area contributed by atoms with Crippen LogP contribution in [0.1, 0.15) is 11.6 Å². The van der Waals surface area contributed by atoms with Crippen molar-refractivity contribution >= 4 is 0 Å². The fourth-order valence-electron chi connectivity index (χ4n) is 2.63. The van der Waals surface area contributed by atoms with E-state index in [1.807, 2.05) is 13.1 Å². The molecule has 1 heterocycles. The van der Waals surface area contributed by atoms with E-state index in [1.54, 1.807) is 12.1 Å². The molecule has 0 aliphatic carbocycles. The van der Waals surface area contributed by atoms with E-state index < -0.39 is 0 Å². The van der Waals surface area contributed by atoms with E-state index in [4.69, 9.17) is 4.74 Å². The van der Waals surface area contributed by atoms with Gasteiger partial charge in [-0.3, -0.25) is 0 Å². The Balaban J connectivity index is 2.19. The number of hydrogen-bond acceptors (Lipinski definition) is 4. The van der Waals surface area contributed by atoms with Crippen LogP contribution in [0.3, 0.4) is 0 Å². The molecule has 2 atom stereocenters. The monoisotopic (exact) mass is 267 g/mol. The topological polar surface area (TPSA) is 36.5 Å². The molecule has 0 bridgehead atoms. The first-order chi connectivity index (χ1) is 9.15. The second-order valence-electron chi connectivity index (χ2n) is 4.98. The number of likely N-dealkylation sites (N-methyl/N-ethyl adjacent to an activating group) is 2. The lowest BCUT2D eigenvalue weighted by atomic mass is 9.97. The third-order valence-electron chi connectivity index (χ3n) is 3.66. The third kappa shape index (κ3) is 3.23. The molecule has 5 heteroatoms. The zero-order valence-electron chi connectivity index (χ0n) is 11.7. The van der Waals surface area contributed by atoms with Crippen molar-refractivity contribution in [2.45, 2.75) is 12.1 Å². The number of hydrogen-bond donors (Lipinski definition) is 2. The molecule has 1 saturated heterocycles. The van der Waals surface area contributed by atoms with Gasteiger partial charge in [-0.2, -0.15) is 0 Å². The minimum absolute atomic E-state index is 0.0863. The van der Waals surface area contributed by atoms with Crippen LogP contribution in [-0.2, 0) is 0 Å². The van der Waals surface area contributed by atoms with Crippen LogP contribution in [0.4, 0.5) is 4.39 Å². The highest BCUT2D eigenvalue weighted by molar-refractivity contribution is 5.32. The molecule has 0 amide bonds. The molecule has 0 aromatic heterocycles. The van der Waals surface area contributed by atoms with Gasteiger partial charge in [0.15, 0.2) is 11.6 Å². The Morgan fingerprint density at radius 1 is 1.53 bits per heavy atom. The minimum Gasteiger partial charge on any atom is -0.494 e. The van der Waals surface area contributed by atoms with Crippen molar-refractivity contribution < 1.29 is 9.13 Å². The summed E-state index contributed by atoms with van der Waals surface area (Å²) in [6.45, 7) is 2.95. The molecular formula is C14H22FN3O. The molecule has 0 spiro atoms. The maximum atomic E-state index is 13.8. The SMILES string of the molecule is CNC(c1ccc(OC)c(F)c1)C1CN(C)CCN1. The predicted molar refractivity (Wildman–Crippen MR) is 74.0 cm³/mol. The maximum absolute atomic E-state index is 13.8. The number of ether oxygens (including phenoxy) is 1. The van der Waals surface area contributed by atoms with Crippen LogP contribution >= 0.6 is 0 Å². The molecule has 1 fully saturated rings. The molecule has 1 aromatic rings. The summed E-state index contributed by atoms with van der Waals surface area (Å²) in [5, 5.41) is 6.77. The maximum Gasteiger partial charge on any atom is 0.165 e. The molecule has 0 saturated carbocycles. The highest BCUT2D eigenvalue weighted by atomic mass is 19.1. The molecular weight excluding hydrogens is 245 g/mol. The molecule has 1 aliphatic heterocycles. The molecule has 2 N–H and O–H groups in total. The quantitative estimate of drug-likeness (QED) is 0.853. The van der Waals surface area contributed by atoms with Gasteiger partial charge in [-0.05, 0) is 31.8 Å². The first kappa shape index (κ1) is 14.2. The van der Waals surface area contributed by atoms with E-state index in [0.29, 0.717) is 0 Å². The number of halogens is 1. The third-order valence-corrected chi connectivity index (χ3v) is 3.66. The van der Waals surface area contributed by atoms with Crippen LogP contribution in [0, 0.1) is 5.82 Å². The van der Waals surface area contributed by atoms with Gasteiger partial charge in [-0.25, -0.2) is 4.39 Å². The van der Waals surface area contributed by atoms with Crippen molar-refractivity contribution in [2.75, 3.05) is 40.8 Å². The molecule has 106 valence electrons. The number of nitrogens with one attached hydrogen (secondary N) is 2. The van der Waals surface area contributed by atoms with Crippen molar-refractivity contribution in [3.05, 3.63) is 29.6 Å². The Bertz CT molecular complexity index is 427. The zero-order valence-corrected chi connectivity index (χ0v) is 11.7. The molecule has 19 heavy (non-hydrogen) atoms. The standard InChI is InChI=1S/C14H22FN3O/c1-16-14(12-9-18(2)7-6-17-12)10-4-5-13(19-3)11(15)8-10/h4-5,8,12,14,16-17H,6-7,9H2,1-3H3. The molecule has 0 radical (unpaired) electrons. The Morgan fingerprint density at radius 3 is 2.89 bits per heavy atom. The van der Waals surface area contributed by atoms with Gasteiger partial charge < -0.3 is 20.3 Å². The number of nitrogens with zero attached hydrogens (tertiary/aromatic N) is 1. The second kappa shape index (κ2) is 6.32. The molecule has 2 unspecified atom stereocenters. The fourth-order valence-corrected chi connectivity index (χ4v) is 2.63. The Kier molecular flexibility index (Phi) is 4.74. The van der Waals surface area contributed by atoms with Crippen LogP contribution in [-0.4, -0.2) is 51.8 Å². The summed E-state index contributed by atoms with van der Waals surface area (Å²) >= 11 is 0. The lowest BCUT2D eigenvalue weighted by Gasteiger charge is -2.36. The van der Waals surface area contributed by atoms with Crippen molar-refractivity contribution in [3.63, 3.8) is 0 Å². The van der Waals surface area contributed by atoms with Crippen molar-refractivity contribution in [1.82, 2.24) is 15.5 Å². The van der Waals surface area contributed by atoms with Crippen LogP contribution in [0.25, 0.3) is 0 Å². The molecule has 1 aromatic carbocycles. The van der Waals surface area contributed by atoms with E-state index in [9.17, 15) is 4.39 Å². The predicted octanol–water partition coefficient (Wildman–Crippen LogP) is 0.998. The summed E-state index contributed by atoms with van der Waals surface area (Å²) < 4.78 is 18.8. The normalized spacial score (nSPS) is 22.2. The highest BCUT2D eigenvalue weighted by Crippen LogP contribution is 2.24. The van der Waals surface area contributed by atoms with Gasteiger partial charge in [0.05, 0.1) is 7.11 Å². The number of rotatable bonds is 4. The van der Waals surface area contributed by atoms with E-state index in [2.05, 4.69) is 22.6 Å². The summed E-state index contributed by atoms with van der Waals surface area (Å²) in [7, 11) is 5.49. The summed E-state index contributed by atoms with van der Waals surface area (Å²) in [4.78, 5) is 2.28. The molecule has 2 rings (SSSR count). The van der Waals surface area contributed by atoms with Crippen molar-refractivity contribution in [1.29, 1.82) is 0 Å². The summed E-state index contributed by atoms with van der Waals surface area (Å²) in [5.74, 6) is -0.0308. The molecule has 4 nitrogen and oxygen atoms in total. The van der Waals surface area contributed by atoms with Crippen molar-refractivity contribution in [3.8, 4) is 5.75 Å². The fraction of sp³-hybridized carbons (Fsp3) is 0.571. The van der Waals surface area contributed by atoms with Gasteiger partial charge in [-0.1, -0.05) is 6.07 Å². The minimum atomic E-state index is -0.315. The van der Waals surface area contributed by atoms with Gasteiger partial charge >= 0.3 is 0 Å². The summed E-state index contributed by atoms with van der Waals surface area (Å²) in [5.41, 5.74) is 0.939. The van der Waals surface area contributed by atoms with Gasteiger partial charge in [-0.15, -0.1) is 0 Å². The van der Waals surface area contributed by atoms with Gasteiger partial charge in [0.25, 0.3) is 0 Å². The number of methoxy groups -OCH3 is 1. The van der Waals surface area contributed by atoms with Gasteiger partial charge in [0.2, 0.25) is 0 Å². The summed E-state index contributed by atoms with van der Waals surface area (Å²) in [6.07, 6.45) is 0. The number of piperazine rings is 1. The van der Waals surface area contributed by atoms with Gasteiger partial charge in [0, 0.05) is 31.7 Å². The largest absolute Gasteiger partial charge is 0.494 e. The lowest BCUT2D eigenvalue weighted by Crippen LogP contribution is -2.54. The van der Waals surface area contributed by atoms with Crippen LogP contribution in [0.15, 0.2) is 18.2 Å². The Morgan fingerprint density at radius 2 is 2.32 bits per heavy atom. The van der Waals surface area contributed by atoms with E-state index in [1.165, 1.54) is 7.11 Å². The van der Waals surface area contributed by atoms with E-state index in [0.717, 1.165) is 25.2 Å². The smallest absolute Gasteiger partial charge is 0.165 e. The van der Waals surface area contributed by atoms with Crippen molar-refractivity contribution in [2.24, 2.45) is 0 Å². The number of benzene rings is 1. The Hall–Kier alpha value is -1.17. The highest BCUT2D eigenvalue weighted by Gasteiger charge is 2.26. The Labute approximate surface area is 113 Å². The average Bonchev–Trinajstić information content (AvgIpc) is 2.40. The second-order valence-corrected chi connectivity index (χ2v) is 4.98. The average molecular weight is 267 g/mol. The van der Waals surface area contributed by atoms with E-state index in [-0.39, 0.29) is 23.7 Å². The molecule has 1 aliphatic rings.